The number of ether oxygens (including phenoxy) is 1. The maximum Gasteiger partial charge on any atom is 0.0730 e. The van der Waals surface area contributed by atoms with Crippen molar-refractivity contribution in [3.8, 4) is 0 Å². The van der Waals surface area contributed by atoms with Gasteiger partial charge in [-0.05, 0) is 50.4 Å². The van der Waals surface area contributed by atoms with E-state index in [1.54, 1.807) is 0 Å². The van der Waals surface area contributed by atoms with Crippen molar-refractivity contribution in [2.75, 3.05) is 13.2 Å². The normalized spacial score (nSPS) is 34.4. The van der Waals surface area contributed by atoms with Gasteiger partial charge in [-0.1, -0.05) is 20.8 Å². The van der Waals surface area contributed by atoms with Crippen molar-refractivity contribution in [1.82, 2.24) is 0 Å². The first kappa shape index (κ1) is 13.4. The van der Waals surface area contributed by atoms with E-state index >= 15 is 0 Å². The third-order valence-corrected chi connectivity index (χ3v) is 5.22. The highest BCUT2D eigenvalue weighted by Crippen LogP contribution is 2.56. The SMILES string of the molecule is CC(C)CC(C)C1(O)CCCC12CCOCC2. The second kappa shape index (κ2) is 4.89. The summed E-state index contributed by atoms with van der Waals surface area (Å²) in [5, 5.41) is 11.2. The highest BCUT2D eigenvalue weighted by atomic mass is 16.5. The van der Waals surface area contributed by atoms with E-state index in [1.165, 1.54) is 12.8 Å². The molecule has 2 heteroatoms. The topological polar surface area (TPSA) is 29.5 Å². The molecule has 1 spiro atoms. The summed E-state index contributed by atoms with van der Waals surface area (Å²) >= 11 is 0. The van der Waals surface area contributed by atoms with Crippen LogP contribution in [0.3, 0.4) is 0 Å². The Labute approximate surface area is 106 Å². The molecule has 100 valence electrons. The molecule has 1 N–H and O–H groups in total. The van der Waals surface area contributed by atoms with Gasteiger partial charge in [-0.2, -0.15) is 0 Å². The van der Waals surface area contributed by atoms with Crippen LogP contribution in [0, 0.1) is 17.3 Å². The monoisotopic (exact) mass is 240 g/mol. The average molecular weight is 240 g/mol. The zero-order valence-electron chi connectivity index (χ0n) is 11.7. The van der Waals surface area contributed by atoms with Gasteiger partial charge < -0.3 is 9.84 Å². The Kier molecular flexibility index (Phi) is 3.84. The third kappa shape index (κ3) is 2.26. The van der Waals surface area contributed by atoms with E-state index in [9.17, 15) is 5.11 Å². The molecular weight excluding hydrogens is 212 g/mol. The quantitative estimate of drug-likeness (QED) is 0.819. The summed E-state index contributed by atoms with van der Waals surface area (Å²) in [6.07, 6.45) is 6.66. The summed E-state index contributed by atoms with van der Waals surface area (Å²) < 4.78 is 5.50. The van der Waals surface area contributed by atoms with Crippen molar-refractivity contribution in [2.45, 2.75) is 64.9 Å². The highest BCUT2D eigenvalue weighted by Gasteiger charge is 2.56. The van der Waals surface area contributed by atoms with E-state index in [-0.39, 0.29) is 5.41 Å². The molecule has 1 aliphatic carbocycles. The van der Waals surface area contributed by atoms with Gasteiger partial charge in [0.05, 0.1) is 5.60 Å². The predicted octanol–water partition coefficient (Wildman–Crippen LogP) is 3.38. The number of rotatable bonds is 3. The zero-order chi connectivity index (χ0) is 12.5. The van der Waals surface area contributed by atoms with Crippen molar-refractivity contribution in [3.05, 3.63) is 0 Å². The summed E-state index contributed by atoms with van der Waals surface area (Å²) in [5.74, 6) is 1.09. The van der Waals surface area contributed by atoms with Gasteiger partial charge in [0.2, 0.25) is 0 Å². The Morgan fingerprint density at radius 2 is 1.71 bits per heavy atom. The maximum atomic E-state index is 11.2. The van der Waals surface area contributed by atoms with E-state index < -0.39 is 5.60 Å². The second-order valence-corrected chi connectivity index (χ2v) is 6.70. The number of hydrogen-bond acceptors (Lipinski definition) is 2. The van der Waals surface area contributed by atoms with Crippen LogP contribution in [0.15, 0.2) is 0 Å². The predicted molar refractivity (Wildman–Crippen MR) is 69.9 cm³/mol. The highest BCUT2D eigenvalue weighted by molar-refractivity contribution is 5.06. The molecule has 0 bridgehead atoms. The van der Waals surface area contributed by atoms with Gasteiger partial charge >= 0.3 is 0 Å². The fourth-order valence-electron chi connectivity index (χ4n) is 4.29. The molecule has 1 heterocycles. The molecule has 1 aliphatic heterocycles. The zero-order valence-corrected chi connectivity index (χ0v) is 11.7. The van der Waals surface area contributed by atoms with Crippen molar-refractivity contribution in [1.29, 1.82) is 0 Å². The van der Waals surface area contributed by atoms with E-state index in [0.717, 1.165) is 38.9 Å². The molecular formula is C15H28O2. The van der Waals surface area contributed by atoms with E-state index in [1.807, 2.05) is 0 Å². The molecule has 0 aromatic heterocycles. The molecule has 0 aromatic carbocycles. The molecule has 1 saturated heterocycles. The minimum Gasteiger partial charge on any atom is -0.389 e. The Morgan fingerprint density at radius 1 is 1.06 bits per heavy atom. The van der Waals surface area contributed by atoms with E-state index in [4.69, 9.17) is 4.74 Å². The van der Waals surface area contributed by atoms with Crippen LogP contribution in [0.5, 0.6) is 0 Å². The average Bonchev–Trinajstić information content (AvgIpc) is 2.58. The van der Waals surface area contributed by atoms with Crippen molar-refractivity contribution < 1.29 is 9.84 Å². The van der Waals surface area contributed by atoms with Crippen molar-refractivity contribution in [3.63, 3.8) is 0 Å². The summed E-state index contributed by atoms with van der Waals surface area (Å²) in [5.41, 5.74) is -0.263. The fraction of sp³-hybridized carbons (Fsp3) is 1.00. The lowest BCUT2D eigenvalue weighted by molar-refractivity contribution is -0.144. The summed E-state index contributed by atoms with van der Waals surface area (Å²) in [4.78, 5) is 0. The smallest absolute Gasteiger partial charge is 0.0730 e. The van der Waals surface area contributed by atoms with Crippen LogP contribution in [0.4, 0.5) is 0 Å². The van der Waals surface area contributed by atoms with Crippen LogP contribution < -0.4 is 0 Å². The second-order valence-electron chi connectivity index (χ2n) is 6.70. The van der Waals surface area contributed by atoms with Crippen LogP contribution in [-0.2, 0) is 4.74 Å². The molecule has 2 unspecified atom stereocenters. The minimum absolute atomic E-state index is 0.166. The molecule has 0 amide bonds. The van der Waals surface area contributed by atoms with Crippen molar-refractivity contribution >= 4 is 0 Å². The van der Waals surface area contributed by atoms with Crippen LogP contribution >= 0.6 is 0 Å². The Bertz CT molecular complexity index is 256. The standard InChI is InChI=1S/C15H28O2/c1-12(2)11-13(3)15(16)6-4-5-14(15)7-9-17-10-8-14/h12-13,16H,4-11H2,1-3H3. The van der Waals surface area contributed by atoms with Gasteiger partial charge in [0.15, 0.2) is 0 Å². The molecule has 1 saturated carbocycles. The first-order valence-corrected chi connectivity index (χ1v) is 7.30. The fourth-order valence-corrected chi connectivity index (χ4v) is 4.29. The summed E-state index contributed by atoms with van der Waals surface area (Å²) in [6, 6.07) is 0. The molecule has 2 rings (SSSR count). The lowest BCUT2D eigenvalue weighted by Gasteiger charge is -2.48. The molecule has 0 aromatic rings. The number of hydrogen-bond donors (Lipinski definition) is 1. The largest absolute Gasteiger partial charge is 0.389 e. The lowest BCUT2D eigenvalue weighted by atomic mass is 9.63. The lowest BCUT2D eigenvalue weighted by Crippen LogP contribution is -2.51. The molecule has 2 aliphatic rings. The van der Waals surface area contributed by atoms with Gasteiger partial charge in [-0.15, -0.1) is 0 Å². The molecule has 2 nitrogen and oxygen atoms in total. The van der Waals surface area contributed by atoms with E-state index in [2.05, 4.69) is 20.8 Å². The first-order chi connectivity index (χ1) is 8.00. The van der Waals surface area contributed by atoms with Gasteiger partial charge in [0, 0.05) is 18.6 Å². The van der Waals surface area contributed by atoms with Gasteiger partial charge in [-0.3, -0.25) is 0 Å². The minimum atomic E-state index is -0.430. The first-order valence-electron chi connectivity index (χ1n) is 7.30. The van der Waals surface area contributed by atoms with Crippen LogP contribution in [0.1, 0.15) is 59.3 Å². The molecule has 17 heavy (non-hydrogen) atoms. The van der Waals surface area contributed by atoms with Gasteiger partial charge in [-0.25, -0.2) is 0 Å². The van der Waals surface area contributed by atoms with Crippen LogP contribution in [0.25, 0.3) is 0 Å². The molecule has 2 fully saturated rings. The van der Waals surface area contributed by atoms with Gasteiger partial charge in [0.25, 0.3) is 0 Å². The Morgan fingerprint density at radius 3 is 2.29 bits per heavy atom. The van der Waals surface area contributed by atoms with E-state index in [0.29, 0.717) is 11.8 Å². The Hall–Kier alpha value is -0.0800. The van der Waals surface area contributed by atoms with Crippen molar-refractivity contribution in [2.24, 2.45) is 17.3 Å². The third-order valence-electron chi connectivity index (χ3n) is 5.22. The summed E-state index contributed by atoms with van der Waals surface area (Å²) in [7, 11) is 0. The molecule has 0 radical (unpaired) electrons. The van der Waals surface area contributed by atoms with Gasteiger partial charge in [0.1, 0.15) is 0 Å². The summed E-state index contributed by atoms with van der Waals surface area (Å²) in [6.45, 7) is 8.45. The maximum absolute atomic E-state index is 11.2. The van der Waals surface area contributed by atoms with Crippen LogP contribution in [0.2, 0.25) is 0 Å². The van der Waals surface area contributed by atoms with Crippen LogP contribution in [-0.4, -0.2) is 23.9 Å². The Balaban J connectivity index is 2.15. The number of aliphatic hydroxyl groups is 1. The molecule has 2 atom stereocenters.